The molecule has 2 bridgehead atoms. The Morgan fingerprint density at radius 3 is 2.43 bits per heavy atom. The van der Waals surface area contributed by atoms with Gasteiger partial charge in [0.2, 0.25) is 5.43 Å². The van der Waals surface area contributed by atoms with Gasteiger partial charge in [0.15, 0.2) is 5.82 Å². The molecule has 0 amide bonds. The number of likely N-dealkylation sites (N-methyl/N-ethyl adjacent to an activating group) is 1. The number of halogens is 3. The maximum atomic E-state index is 15.6. The number of piperazine rings is 1. The molecule has 2 atom stereocenters. The molecule has 1 saturated carbocycles. The predicted molar refractivity (Wildman–Crippen MR) is 103 cm³/mol. The van der Waals surface area contributed by atoms with Gasteiger partial charge in [0, 0.05) is 37.4 Å². The standard InChI is InChI=1S/C19H19F2N3O3.ClH/c1-22-6-11-4-10(22)7-23(11)17-14(20)5-12-16(15(17)21)24(9-2-3-9)8-13(18(12)25)19(26)27;/h5,8-11H,2-4,6-7H2,1H3,(H,26,27);1H. The molecule has 1 aromatic heterocycles. The van der Waals surface area contributed by atoms with Crippen LogP contribution in [-0.4, -0.2) is 52.8 Å². The highest BCUT2D eigenvalue weighted by Crippen LogP contribution is 2.42. The lowest BCUT2D eigenvalue weighted by atomic mass is 10.1. The van der Waals surface area contributed by atoms with Crippen LogP contribution in [0.2, 0.25) is 0 Å². The van der Waals surface area contributed by atoms with E-state index in [2.05, 4.69) is 4.90 Å². The topological polar surface area (TPSA) is 65.8 Å². The monoisotopic (exact) mass is 411 g/mol. The summed E-state index contributed by atoms with van der Waals surface area (Å²) in [6.45, 7) is 1.29. The molecule has 1 aliphatic carbocycles. The summed E-state index contributed by atoms with van der Waals surface area (Å²) in [5.41, 5.74) is -1.38. The lowest BCUT2D eigenvalue weighted by Gasteiger charge is -2.34. The Morgan fingerprint density at radius 2 is 1.89 bits per heavy atom. The number of hydrogen-bond acceptors (Lipinski definition) is 4. The van der Waals surface area contributed by atoms with Gasteiger partial charge in [0.25, 0.3) is 0 Å². The predicted octanol–water partition coefficient (Wildman–Crippen LogP) is 2.63. The third-order valence-electron chi connectivity index (χ3n) is 6.16. The first kappa shape index (κ1) is 19.1. The van der Waals surface area contributed by atoms with Gasteiger partial charge in [-0.3, -0.25) is 9.69 Å². The van der Waals surface area contributed by atoms with Crippen LogP contribution < -0.4 is 10.3 Å². The van der Waals surface area contributed by atoms with Crippen LogP contribution in [-0.2, 0) is 0 Å². The van der Waals surface area contributed by atoms with Crippen LogP contribution >= 0.6 is 12.4 Å². The highest BCUT2D eigenvalue weighted by Gasteiger charge is 2.43. The van der Waals surface area contributed by atoms with E-state index in [9.17, 15) is 19.1 Å². The van der Waals surface area contributed by atoms with Gasteiger partial charge >= 0.3 is 5.97 Å². The molecule has 3 heterocycles. The maximum absolute atomic E-state index is 15.6. The van der Waals surface area contributed by atoms with Crippen molar-refractivity contribution in [3.63, 3.8) is 0 Å². The van der Waals surface area contributed by atoms with E-state index >= 15 is 4.39 Å². The van der Waals surface area contributed by atoms with Crippen molar-refractivity contribution < 1.29 is 18.7 Å². The van der Waals surface area contributed by atoms with Crippen molar-refractivity contribution in [2.75, 3.05) is 25.0 Å². The average molecular weight is 412 g/mol. The third kappa shape index (κ3) is 2.62. The zero-order chi connectivity index (χ0) is 19.0. The Kier molecular flexibility index (Phi) is 4.39. The van der Waals surface area contributed by atoms with Crippen molar-refractivity contribution in [2.24, 2.45) is 0 Å². The SMILES string of the molecule is CN1CC2CC1CN2c1c(F)cc2c(=O)c(C(=O)O)cn(C3CC3)c2c1F.Cl. The van der Waals surface area contributed by atoms with E-state index in [-0.39, 0.29) is 47.1 Å². The molecular formula is C19H20ClF2N3O3. The summed E-state index contributed by atoms with van der Waals surface area (Å²) in [5.74, 6) is -2.96. The zero-order valence-corrected chi connectivity index (χ0v) is 16.0. The Hall–Kier alpha value is -2.19. The lowest BCUT2D eigenvalue weighted by Crippen LogP contribution is -2.45. The minimum Gasteiger partial charge on any atom is -0.477 e. The molecule has 2 saturated heterocycles. The van der Waals surface area contributed by atoms with Gasteiger partial charge in [-0.2, -0.15) is 0 Å². The summed E-state index contributed by atoms with van der Waals surface area (Å²) in [7, 11) is 2.01. The molecule has 2 aliphatic heterocycles. The first-order valence-corrected chi connectivity index (χ1v) is 9.14. The summed E-state index contributed by atoms with van der Waals surface area (Å²) in [4.78, 5) is 27.9. The van der Waals surface area contributed by atoms with Gasteiger partial charge in [-0.25, -0.2) is 13.6 Å². The van der Waals surface area contributed by atoms with E-state index in [4.69, 9.17) is 0 Å². The third-order valence-corrected chi connectivity index (χ3v) is 6.16. The molecule has 1 N–H and O–H groups in total. The molecule has 150 valence electrons. The van der Waals surface area contributed by atoms with Crippen LogP contribution in [0.1, 0.15) is 35.7 Å². The number of benzene rings is 1. The van der Waals surface area contributed by atoms with E-state index in [1.54, 1.807) is 4.90 Å². The summed E-state index contributed by atoms with van der Waals surface area (Å²) >= 11 is 0. The van der Waals surface area contributed by atoms with Gasteiger partial charge in [-0.1, -0.05) is 0 Å². The molecule has 2 unspecified atom stereocenters. The van der Waals surface area contributed by atoms with E-state index in [0.717, 1.165) is 31.9 Å². The Morgan fingerprint density at radius 1 is 1.18 bits per heavy atom. The number of hydrogen-bond donors (Lipinski definition) is 1. The smallest absolute Gasteiger partial charge is 0.341 e. The van der Waals surface area contributed by atoms with Crippen LogP contribution in [0.15, 0.2) is 17.1 Å². The fourth-order valence-corrected chi connectivity index (χ4v) is 4.63. The van der Waals surface area contributed by atoms with Gasteiger partial charge in [-0.15, -0.1) is 12.4 Å². The quantitative estimate of drug-likeness (QED) is 0.841. The molecule has 28 heavy (non-hydrogen) atoms. The molecule has 3 aliphatic rings. The molecular weight excluding hydrogens is 392 g/mol. The van der Waals surface area contributed by atoms with Crippen LogP contribution in [0.25, 0.3) is 10.9 Å². The number of aromatic carboxylic acids is 1. The number of carbonyl (C=O) groups is 1. The second-order valence-electron chi connectivity index (χ2n) is 7.87. The van der Waals surface area contributed by atoms with E-state index in [1.165, 1.54) is 10.8 Å². The first-order valence-electron chi connectivity index (χ1n) is 9.14. The molecule has 0 radical (unpaired) electrons. The van der Waals surface area contributed by atoms with Gasteiger partial charge in [0.05, 0.1) is 10.9 Å². The second kappa shape index (κ2) is 6.42. The van der Waals surface area contributed by atoms with Crippen LogP contribution in [0.5, 0.6) is 0 Å². The highest BCUT2D eigenvalue weighted by atomic mass is 35.5. The number of aromatic nitrogens is 1. The molecule has 1 aromatic carbocycles. The molecule has 3 fully saturated rings. The van der Waals surface area contributed by atoms with Crippen LogP contribution in [0.3, 0.4) is 0 Å². The van der Waals surface area contributed by atoms with Crippen LogP contribution in [0.4, 0.5) is 14.5 Å². The molecule has 5 rings (SSSR count). The Labute approximate surface area is 165 Å². The van der Waals surface area contributed by atoms with Gasteiger partial charge in [-0.05, 0) is 32.4 Å². The summed E-state index contributed by atoms with van der Waals surface area (Å²) in [6.07, 6.45) is 3.63. The number of anilines is 1. The normalized spacial score (nSPS) is 24.0. The summed E-state index contributed by atoms with van der Waals surface area (Å²) in [6, 6.07) is 1.27. The van der Waals surface area contributed by atoms with Crippen molar-refractivity contribution in [3.05, 3.63) is 39.7 Å². The fourth-order valence-electron chi connectivity index (χ4n) is 4.63. The van der Waals surface area contributed by atoms with E-state index in [0.29, 0.717) is 6.54 Å². The number of rotatable bonds is 3. The van der Waals surface area contributed by atoms with Gasteiger partial charge < -0.3 is 14.6 Å². The number of carboxylic acid groups (broad SMARTS) is 1. The van der Waals surface area contributed by atoms with Crippen molar-refractivity contribution in [1.29, 1.82) is 0 Å². The first-order chi connectivity index (χ1) is 12.9. The Balaban J connectivity index is 0.00000192. The van der Waals surface area contributed by atoms with Gasteiger partial charge in [0.1, 0.15) is 17.1 Å². The lowest BCUT2D eigenvalue weighted by molar-refractivity contribution is 0.0695. The maximum Gasteiger partial charge on any atom is 0.341 e. The van der Waals surface area contributed by atoms with Crippen molar-refractivity contribution >= 4 is 35.0 Å². The average Bonchev–Trinajstić information content (AvgIpc) is 3.28. The van der Waals surface area contributed by atoms with Crippen molar-refractivity contribution in [1.82, 2.24) is 9.47 Å². The highest BCUT2D eigenvalue weighted by molar-refractivity contribution is 5.94. The fraction of sp³-hybridized carbons (Fsp3) is 0.474. The molecule has 9 heteroatoms. The molecule has 0 spiro atoms. The number of pyridine rings is 1. The zero-order valence-electron chi connectivity index (χ0n) is 15.2. The Bertz CT molecular complexity index is 1050. The largest absolute Gasteiger partial charge is 0.477 e. The number of fused-ring (bicyclic) bond motifs is 3. The number of carboxylic acids is 1. The van der Waals surface area contributed by atoms with Crippen LogP contribution in [0, 0.1) is 11.6 Å². The number of likely N-dealkylation sites (tertiary alicyclic amines) is 1. The minimum absolute atomic E-state index is 0. The van der Waals surface area contributed by atoms with Crippen molar-refractivity contribution in [3.8, 4) is 0 Å². The van der Waals surface area contributed by atoms with E-state index < -0.39 is 28.6 Å². The van der Waals surface area contributed by atoms with Crippen molar-refractivity contribution in [2.45, 2.75) is 37.4 Å². The second-order valence-corrected chi connectivity index (χ2v) is 7.87. The summed E-state index contributed by atoms with van der Waals surface area (Å²) in [5, 5.41) is 9.09. The van der Waals surface area contributed by atoms with E-state index in [1.807, 2.05) is 7.05 Å². The minimum atomic E-state index is -1.39. The molecule has 2 aromatic rings. The summed E-state index contributed by atoms with van der Waals surface area (Å²) < 4.78 is 32.0. The number of nitrogens with zero attached hydrogens (tertiary/aromatic N) is 3. The molecule has 6 nitrogen and oxygen atoms in total.